The Kier molecular flexibility index (Phi) is 5.55. The average Bonchev–Trinajstić information content (AvgIpc) is 3.44. The van der Waals surface area contributed by atoms with Crippen molar-refractivity contribution in [2.75, 3.05) is 0 Å². The van der Waals surface area contributed by atoms with E-state index in [0.717, 1.165) is 17.7 Å². The highest BCUT2D eigenvalue weighted by molar-refractivity contribution is 7.13. The summed E-state index contributed by atoms with van der Waals surface area (Å²) >= 11 is 1.30. The molecule has 4 aromatic rings. The molecule has 0 saturated heterocycles. The van der Waals surface area contributed by atoms with Crippen molar-refractivity contribution in [2.45, 2.75) is 19.2 Å². The SMILES string of the molecule is CC(OC(=O)c1csc(-c2ccccc2)n1)c1nc(-c2cccc(C(F)(F)F)c2)no1. The molecule has 0 aliphatic rings. The number of alkyl halides is 3. The average molecular weight is 445 g/mol. The first-order valence-electron chi connectivity index (χ1n) is 9.04. The van der Waals surface area contributed by atoms with Crippen LogP contribution in [-0.2, 0) is 10.9 Å². The van der Waals surface area contributed by atoms with Crippen LogP contribution in [0.1, 0.15) is 35.0 Å². The number of esters is 1. The van der Waals surface area contributed by atoms with E-state index in [0.29, 0.717) is 5.01 Å². The molecular weight excluding hydrogens is 431 g/mol. The van der Waals surface area contributed by atoms with Gasteiger partial charge in [-0.05, 0) is 19.1 Å². The molecule has 4 rings (SSSR count). The van der Waals surface area contributed by atoms with Gasteiger partial charge in [-0.15, -0.1) is 11.3 Å². The second-order valence-electron chi connectivity index (χ2n) is 6.49. The summed E-state index contributed by atoms with van der Waals surface area (Å²) in [6.07, 6.45) is -5.40. The predicted molar refractivity (Wildman–Crippen MR) is 106 cm³/mol. The molecule has 1 unspecified atom stereocenters. The summed E-state index contributed by atoms with van der Waals surface area (Å²) in [7, 11) is 0. The number of aromatic nitrogens is 3. The van der Waals surface area contributed by atoms with Gasteiger partial charge in [-0.25, -0.2) is 9.78 Å². The van der Waals surface area contributed by atoms with E-state index in [-0.39, 0.29) is 23.0 Å². The van der Waals surface area contributed by atoms with Crippen molar-refractivity contribution < 1.29 is 27.2 Å². The Hall–Kier alpha value is -3.53. The quantitative estimate of drug-likeness (QED) is 0.362. The third-order valence-electron chi connectivity index (χ3n) is 4.26. The maximum absolute atomic E-state index is 12.9. The number of ether oxygens (including phenoxy) is 1. The van der Waals surface area contributed by atoms with Crippen molar-refractivity contribution in [3.8, 4) is 22.0 Å². The second-order valence-corrected chi connectivity index (χ2v) is 7.34. The van der Waals surface area contributed by atoms with Gasteiger partial charge in [0.05, 0.1) is 5.56 Å². The number of benzene rings is 2. The van der Waals surface area contributed by atoms with E-state index in [1.165, 1.54) is 30.4 Å². The summed E-state index contributed by atoms with van der Waals surface area (Å²) in [5.41, 5.74) is 0.319. The van der Waals surface area contributed by atoms with E-state index >= 15 is 0 Å². The summed E-state index contributed by atoms with van der Waals surface area (Å²) in [6.45, 7) is 1.52. The van der Waals surface area contributed by atoms with Crippen molar-refractivity contribution in [3.05, 3.63) is 77.1 Å². The number of carbonyl (C=O) groups excluding carboxylic acids is 1. The number of hydrogen-bond donors (Lipinski definition) is 0. The molecule has 0 spiro atoms. The van der Waals surface area contributed by atoms with Gasteiger partial charge in [-0.2, -0.15) is 18.2 Å². The topological polar surface area (TPSA) is 78.1 Å². The molecule has 0 saturated carbocycles. The minimum atomic E-state index is -4.49. The fourth-order valence-electron chi connectivity index (χ4n) is 2.70. The van der Waals surface area contributed by atoms with E-state index in [9.17, 15) is 18.0 Å². The summed E-state index contributed by atoms with van der Waals surface area (Å²) in [5, 5.41) is 5.95. The molecule has 10 heteroatoms. The van der Waals surface area contributed by atoms with Gasteiger partial charge in [0, 0.05) is 16.5 Å². The Balaban J connectivity index is 1.47. The van der Waals surface area contributed by atoms with Crippen LogP contribution in [0.4, 0.5) is 13.2 Å². The fourth-order valence-corrected chi connectivity index (χ4v) is 3.50. The van der Waals surface area contributed by atoms with E-state index in [1.807, 2.05) is 30.3 Å². The number of thiazole rings is 1. The van der Waals surface area contributed by atoms with Gasteiger partial charge in [0.1, 0.15) is 5.01 Å². The predicted octanol–water partition coefficient (Wildman–Crippen LogP) is 5.80. The van der Waals surface area contributed by atoms with Crippen molar-refractivity contribution in [2.24, 2.45) is 0 Å². The first-order valence-corrected chi connectivity index (χ1v) is 9.92. The zero-order valence-corrected chi connectivity index (χ0v) is 16.8. The largest absolute Gasteiger partial charge is 0.448 e. The summed E-state index contributed by atoms with van der Waals surface area (Å²) in [6, 6.07) is 13.9. The lowest BCUT2D eigenvalue weighted by Crippen LogP contribution is -2.10. The molecule has 0 fully saturated rings. The van der Waals surface area contributed by atoms with Crippen LogP contribution in [0.3, 0.4) is 0 Å². The molecule has 0 aliphatic heterocycles. The number of carbonyl (C=O) groups is 1. The van der Waals surface area contributed by atoms with Crippen LogP contribution >= 0.6 is 11.3 Å². The van der Waals surface area contributed by atoms with Crippen LogP contribution < -0.4 is 0 Å². The summed E-state index contributed by atoms with van der Waals surface area (Å²) in [4.78, 5) is 20.8. The Morgan fingerprint density at radius 3 is 2.55 bits per heavy atom. The number of nitrogens with zero attached hydrogens (tertiary/aromatic N) is 3. The molecule has 2 aromatic heterocycles. The highest BCUT2D eigenvalue weighted by Crippen LogP contribution is 2.32. The van der Waals surface area contributed by atoms with E-state index in [4.69, 9.17) is 9.26 Å². The number of hydrogen-bond acceptors (Lipinski definition) is 7. The Labute approximate surface area is 178 Å². The number of halogens is 3. The summed E-state index contributed by atoms with van der Waals surface area (Å²) < 4.78 is 49.1. The molecule has 0 bridgehead atoms. The lowest BCUT2D eigenvalue weighted by Gasteiger charge is -2.07. The maximum Gasteiger partial charge on any atom is 0.416 e. The van der Waals surface area contributed by atoms with Gasteiger partial charge in [0.25, 0.3) is 5.89 Å². The third kappa shape index (κ3) is 4.64. The number of rotatable bonds is 5. The van der Waals surface area contributed by atoms with Gasteiger partial charge >= 0.3 is 12.1 Å². The molecule has 31 heavy (non-hydrogen) atoms. The normalized spacial score (nSPS) is 12.5. The lowest BCUT2D eigenvalue weighted by atomic mass is 10.1. The van der Waals surface area contributed by atoms with Crippen LogP contribution in [0.5, 0.6) is 0 Å². The first-order chi connectivity index (χ1) is 14.8. The molecular formula is C21H14F3N3O3S. The highest BCUT2D eigenvalue weighted by Gasteiger charge is 2.31. The van der Waals surface area contributed by atoms with Crippen LogP contribution in [0.25, 0.3) is 22.0 Å². The zero-order valence-electron chi connectivity index (χ0n) is 16.0. The van der Waals surface area contributed by atoms with Crippen LogP contribution in [0.2, 0.25) is 0 Å². The van der Waals surface area contributed by atoms with Crippen molar-refractivity contribution in [1.82, 2.24) is 15.1 Å². The minimum absolute atomic E-state index is 0.0379. The molecule has 0 amide bonds. The third-order valence-corrected chi connectivity index (χ3v) is 5.15. The Bertz CT molecular complexity index is 1210. The van der Waals surface area contributed by atoms with Crippen LogP contribution in [-0.4, -0.2) is 21.1 Å². The van der Waals surface area contributed by atoms with Gasteiger partial charge in [-0.1, -0.05) is 47.6 Å². The van der Waals surface area contributed by atoms with Gasteiger partial charge in [-0.3, -0.25) is 0 Å². The van der Waals surface area contributed by atoms with E-state index < -0.39 is 23.8 Å². The fraction of sp³-hybridized carbons (Fsp3) is 0.143. The molecule has 1 atom stereocenters. The molecule has 2 heterocycles. The van der Waals surface area contributed by atoms with Gasteiger partial charge < -0.3 is 9.26 Å². The standard InChI is InChI=1S/C21H14F3N3O3S/c1-12(29-20(28)16-11-31-19(25-16)13-6-3-2-4-7-13)18-26-17(27-30-18)14-8-5-9-15(10-14)21(22,23)24/h2-12H,1H3. The molecule has 6 nitrogen and oxygen atoms in total. The van der Waals surface area contributed by atoms with E-state index in [2.05, 4.69) is 15.1 Å². The van der Waals surface area contributed by atoms with Gasteiger partial charge in [0.15, 0.2) is 11.8 Å². The minimum Gasteiger partial charge on any atom is -0.448 e. The lowest BCUT2D eigenvalue weighted by molar-refractivity contribution is -0.137. The second kappa shape index (κ2) is 8.31. The van der Waals surface area contributed by atoms with Crippen molar-refractivity contribution in [1.29, 1.82) is 0 Å². The Morgan fingerprint density at radius 2 is 1.81 bits per heavy atom. The first kappa shape index (κ1) is 20.7. The monoisotopic (exact) mass is 445 g/mol. The molecule has 158 valence electrons. The highest BCUT2D eigenvalue weighted by atomic mass is 32.1. The molecule has 0 radical (unpaired) electrons. The Morgan fingerprint density at radius 1 is 1.06 bits per heavy atom. The summed E-state index contributed by atoms with van der Waals surface area (Å²) in [5.74, 6) is -0.756. The van der Waals surface area contributed by atoms with Crippen molar-refractivity contribution >= 4 is 17.3 Å². The zero-order chi connectivity index (χ0) is 22.0. The molecule has 0 N–H and O–H groups in total. The van der Waals surface area contributed by atoms with Crippen LogP contribution in [0, 0.1) is 0 Å². The van der Waals surface area contributed by atoms with Gasteiger partial charge in [0.2, 0.25) is 5.82 Å². The smallest absolute Gasteiger partial charge is 0.416 e. The molecule has 0 aliphatic carbocycles. The maximum atomic E-state index is 12.9. The molecule has 2 aromatic carbocycles. The van der Waals surface area contributed by atoms with Crippen molar-refractivity contribution in [3.63, 3.8) is 0 Å². The van der Waals surface area contributed by atoms with Crippen LogP contribution in [0.15, 0.2) is 64.5 Å². The van der Waals surface area contributed by atoms with E-state index in [1.54, 1.807) is 5.38 Å².